The van der Waals surface area contributed by atoms with E-state index < -0.39 is 0 Å². The van der Waals surface area contributed by atoms with Gasteiger partial charge in [-0.25, -0.2) is 0 Å². The number of carbonyl (C=O) groups is 1. The molecule has 2 heteroatoms. The second kappa shape index (κ2) is 4.71. The lowest BCUT2D eigenvalue weighted by molar-refractivity contribution is -0.128. The molecule has 2 saturated carbocycles. The molecule has 0 spiro atoms. The van der Waals surface area contributed by atoms with Crippen molar-refractivity contribution in [2.75, 3.05) is 7.11 Å². The summed E-state index contributed by atoms with van der Waals surface area (Å²) in [6.45, 7) is 4.42. The predicted molar refractivity (Wildman–Crippen MR) is 87.9 cm³/mol. The SMILES string of the molecule is COc1ccc2c(c1)C(C)=C[C@@H]1[C@@H]2CC[C@@]2(C)C(=O)CC[C@H]12. The van der Waals surface area contributed by atoms with E-state index in [0.717, 1.165) is 31.4 Å². The highest BCUT2D eigenvalue weighted by molar-refractivity contribution is 5.87. The highest BCUT2D eigenvalue weighted by atomic mass is 16.5. The number of fused-ring (bicyclic) bond motifs is 5. The minimum atomic E-state index is -0.0675. The van der Waals surface area contributed by atoms with Crippen molar-refractivity contribution in [3.05, 3.63) is 35.4 Å². The van der Waals surface area contributed by atoms with Crippen LogP contribution >= 0.6 is 0 Å². The molecule has 0 heterocycles. The van der Waals surface area contributed by atoms with Crippen LogP contribution in [0.4, 0.5) is 0 Å². The van der Waals surface area contributed by atoms with Crippen LogP contribution in [0.3, 0.4) is 0 Å². The van der Waals surface area contributed by atoms with E-state index in [0.29, 0.717) is 23.5 Å². The zero-order chi connectivity index (χ0) is 15.5. The fourth-order valence-electron chi connectivity index (χ4n) is 5.27. The van der Waals surface area contributed by atoms with E-state index in [2.05, 4.69) is 38.1 Å². The predicted octanol–water partition coefficient (Wildman–Crippen LogP) is 4.59. The molecule has 4 atom stereocenters. The largest absolute Gasteiger partial charge is 0.497 e. The van der Waals surface area contributed by atoms with E-state index in [-0.39, 0.29) is 5.41 Å². The Morgan fingerprint density at radius 1 is 1.27 bits per heavy atom. The zero-order valence-electron chi connectivity index (χ0n) is 13.7. The Hall–Kier alpha value is -1.57. The number of ketones is 1. The standard InChI is InChI=1S/C20H24O2/c1-12-10-17-15(14-5-4-13(22-3)11-16(12)14)8-9-20(2)18(17)6-7-19(20)21/h4-5,10-11,15,17-18H,6-9H2,1-3H3/t15-,17-,18-,20-/m1/s1. The van der Waals surface area contributed by atoms with Gasteiger partial charge in [-0.05, 0) is 72.8 Å². The van der Waals surface area contributed by atoms with Crippen molar-refractivity contribution in [3.8, 4) is 5.75 Å². The smallest absolute Gasteiger partial charge is 0.139 e. The van der Waals surface area contributed by atoms with Gasteiger partial charge in [-0.2, -0.15) is 0 Å². The number of Topliss-reactive ketones (excluding diaryl/α,β-unsaturated/α-hetero) is 1. The average Bonchev–Trinajstić information content (AvgIpc) is 2.83. The van der Waals surface area contributed by atoms with Crippen molar-refractivity contribution in [2.45, 2.75) is 45.4 Å². The topological polar surface area (TPSA) is 26.3 Å². The summed E-state index contributed by atoms with van der Waals surface area (Å²) < 4.78 is 5.39. The molecule has 2 fully saturated rings. The first kappa shape index (κ1) is 14.0. The lowest BCUT2D eigenvalue weighted by Gasteiger charge is -2.47. The highest BCUT2D eigenvalue weighted by Gasteiger charge is 2.54. The number of methoxy groups -OCH3 is 1. The molecule has 2 nitrogen and oxygen atoms in total. The number of hydrogen-bond donors (Lipinski definition) is 0. The summed E-state index contributed by atoms with van der Waals surface area (Å²) in [6.07, 6.45) is 6.49. The minimum absolute atomic E-state index is 0.0675. The monoisotopic (exact) mass is 296 g/mol. The Labute approximate surface area is 132 Å². The third-order valence-electron chi connectivity index (χ3n) is 6.57. The van der Waals surface area contributed by atoms with Gasteiger partial charge in [0.15, 0.2) is 0 Å². The van der Waals surface area contributed by atoms with Crippen molar-refractivity contribution >= 4 is 11.4 Å². The van der Waals surface area contributed by atoms with E-state index in [9.17, 15) is 4.79 Å². The average molecular weight is 296 g/mol. The van der Waals surface area contributed by atoms with Crippen LogP contribution in [0.1, 0.15) is 56.6 Å². The second-order valence-electron chi connectivity index (χ2n) is 7.51. The van der Waals surface area contributed by atoms with Crippen molar-refractivity contribution in [1.29, 1.82) is 0 Å². The number of rotatable bonds is 1. The van der Waals surface area contributed by atoms with Gasteiger partial charge in [0.05, 0.1) is 7.11 Å². The summed E-state index contributed by atoms with van der Waals surface area (Å²) in [4.78, 5) is 12.4. The first-order valence-electron chi connectivity index (χ1n) is 8.44. The van der Waals surface area contributed by atoms with E-state index >= 15 is 0 Å². The molecule has 3 aliphatic rings. The second-order valence-corrected chi connectivity index (χ2v) is 7.51. The molecule has 0 amide bonds. The fraction of sp³-hybridized carbons (Fsp3) is 0.550. The highest BCUT2D eigenvalue weighted by Crippen LogP contribution is 2.59. The molecule has 0 bridgehead atoms. The van der Waals surface area contributed by atoms with Crippen LogP contribution in [0, 0.1) is 17.3 Å². The molecule has 0 radical (unpaired) electrons. The van der Waals surface area contributed by atoms with Gasteiger partial charge < -0.3 is 4.74 Å². The van der Waals surface area contributed by atoms with Crippen LogP contribution < -0.4 is 4.74 Å². The fourth-order valence-corrected chi connectivity index (χ4v) is 5.27. The van der Waals surface area contributed by atoms with Gasteiger partial charge in [0, 0.05) is 11.8 Å². The van der Waals surface area contributed by atoms with Crippen molar-refractivity contribution in [1.82, 2.24) is 0 Å². The Balaban J connectivity index is 1.79. The lowest BCUT2D eigenvalue weighted by atomic mass is 9.56. The molecule has 0 aromatic heterocycles. The third kappa shape index (κ3) is 1.76. The van der Waals surface area contributed by atoms with E-state index in [1.807, 2.05) is 0 Å². The number of carbonyl (C=O) groups excluding carboxylic acids is 1. The van der Waals surface area contributed by atoms with E-state index in [1.165, 1.54) is 16.7 Å². The molecular weight excluding hydrogens is 272 g/mol. The van der Waals surface area contributed by atoms with Gasteiger partial charge in [-0.3, -0.25) is 4.79 Å². The van der Waals surface area contributed by atoms with Gasteiger partial charge >= 0.3 is 0 Å². The van der Waals surface area contributed by atoms with Gasteiger partial charge in [0.1, 0.15) is 11.5 Å². The Morgan fingerprint density at radius 2 is 2.09 bits per heavy atom. The molecule has 0 N–H and O–H groups in total. The van der Waals surface area contributed by atoms with Crippen molar-refractivity contribution in [3.63, 3.8) is 0 Å². The maximum atomic E-state index is 12.4. The lowest BCUT2D eigenvalue weighted by Crippen LogP contribution is -2.41. The zero-order valence-corrected chi connectivity index (χ0v) is 13.7. The Kier molecular flexibility index (Phi) is 3.01. The molecule has 1 aromatic rings. The molecule has 116 valence electrons. The first-order valence-corrected chi connectivity index (χ1v) is 8.44. The van der Waals surface area contributed by atoms with Crippen LogP contribution in [0.25, 0.3) is 5.57 Å². The number of benzene rings is 1. The van der Waals surface area contributed by atoms with Crippen LogP contribution in [0.5, 0.6) is 5.75 Å². The summed E-state index contributed by atoms with van der Waals surface area (Å²) in [5, 5.41) is 0. The van der Waals surface area contributed by atoms with Crippen molar-refractivity contribution < 1.29 is 9.53 Å². The quantitative estimate of drug-likeness (QED) is 0.757. The van der Waals surface area contributed by atoms with Gasteiger partial charge in [0.25, 0.3) is 0 Å². The number of allylic oxidation sites excluding steroid dienone is 2. The Morgan fingerprint density at radius 3 is 2.86 bits per heavy atom. The van der Waals surface area contributed by atoms with Crippen LogP contribution in [-0.2, 0) is 4.79 Å². The molecule has 0 aliphatic heterocycles. The number of ether oxygens (including phenoxy) is 1. The maximum Gasteiger partial charge on any atom is 0.139 e. The van der Waals surface area contributed by atoms with E-state index in [1.54, 1.807) is 7.11 Å². The molecule has 22 heavy (non-hydrogen) atoms. The molecule has 0 unspecified atom stereocenters. The number of hydrogen-bond acceptors (Lipinski definition) is 2. The summed E-state index contributed by atoms with van der Waals surface area (Å²) in [7, 11) is 1.72. The maximum absolute atomic E-state index is 12.4. The van der Waals surface area contributed by atoms with Crippen molar-refractivity contribution in [2.24, 2.45) is 17.3 Å². The summed E-state index contributed by atoms with van der Waals surface area (Å²) in [6, 6.07) is 6.51. The van der Waals surface area contributed by atoms with Gasteiger partial charge in [-0.1, -0.05) is 19.1 Å². The molecular formula is C20H24O2. The first-order chi connectivity index (χ1) is 10.5. The van der Waals surface area contributed by atoms with Gasteiger partial charge in [-0.15, -0.1) is 0 Å². The summed E-state index contributed by atoms with van der Waals surface area (Å²) in [5.74, 6) is 3.08. The molecule has 0 saturated heterocycles. The molecule has 1 aromatic carbocycles. The van der Waals surface area contributed by atoms with Crippen LogP contribution in [-0.4, -0.2) is 12.9 Å². The normalized spacial score (nSPS) is 36.2. The molecule has 4 rings (SSSR count). The van der Waals surface area contributed by atoms with Crippen LogP contribution in [0.2, 0.25) is 0 Å². The Bertz CT molecular complexity index is 672. The van der Waals surface area contributed by atoms with Gasteiger partial charge in [0.2, 0.25) is 0 Å². The molecule has 3 aliphatic carbocycles. The van der Waals surface area contributed by atoms with Crippen LogP contribution in [0.15, 0.2) is 24.3 Å². The minimum Gasteiger partial charge on any atom is -0.497 e. The third-order valence-corrected chi connectivity index (χ3v) is 6.57. The van der Waals surface area contributed by atoms with E-state index in [4.69, 9.17) is 4.74 Å². The summed E-state index contributed by atoms with van der Waals surface area (Å²) >= 11 is 0. The summed E-state index contributed by atoms with van der Waals surface area (Å²) in [5.41, 5.74) is 4.08.